The summed E-state index contributed by atoms with van der Waals surface area (Å²) in [4.78, 5) is 12.0. The maximum absolute atomic E-state index is 12.2. The van der Waals surface area contributed by atoms with Gasteiger partial charge in [0.1, 0.15) is 10.7 Å². The summed E-state index contributed by atoms with van der Waals surface area (Å²) in [6, 6.07) is 7.71. The molecule has 1 aromatic rings. The molecular weight excluding hydrogens is 402 g/mol. The Hall–Kier alpha value is -2.90. The first-order chi connectivity index (χ1) is 14.2. The summed E-state index contributed by atoms with van der Waals surface area (Å²) < 4.78 is 37.6. The molecule has 1 aliphatic rings. The zero-order valence-electron chi connectivity index (χ0n) is 17.2. The molecule has 0 heterocycles. The van der Waals surface area contributed by atoms with Crippen molar-refractivity contribution in [3.8, 4) is 5.75 Å². The Kier molecular flexibility index (Phi) is 8.38. The van der Waals surface area contributed by atoms with Crippen LogP contribution in [0.1, 0.15) is 38.2 Å². The highest BCUT2D eigenvalue weighted by atomic mass is 32.2. The summed E-state index contributed by atoms with van der Waals surface area (Å²) in [6.07, 6.45) is 10.5. The molecule has 6 nitrogen and oxygen atoms in total. The Morgan fingerprint density at radius 3 is 2.57 bits per heavy atom. The minimum atomic E-state index is -4.37. The zero-order valence-corrected chi connectivity index (χ0v) is 18.0. The molecular formula is C23H27NO5S. The van der Waals surface area contributed by atoms with Crippen LogP contribution >= 0.6 is 0 Å². The van der Waals surface area contributed by atoms with Crippen molar-refractivity contribution in [1.29, 1.82) is 0 Å². The number of ether oxygens (including phenoxy) is 1. The first kappa shape index (κ1) is 23.4. The lowest BCUT2D eigenvalue weighted by Crippen LogP contribution is -2.28. The maximum Gasteiger partial charge on any atom is 0.295 e. The highest BCUT2D eigenvalue weighted by molar-refractivity contribution is 7.90. The van der Waals surface area contributed by atoms with Crippen LogP contribution < -0.4 is 10.1 Å². The number of benzene rings is 1. The van der Waals surface area contributed by atoms with Crippen molar-refractivity contribution < 1.29 is 22.5 Å². The van der Waals surface area contributed by atoms with Gasteiger partial charge >= 0.3 is 0 Å². The predicted octanol–water partition coefficient (Wildman–Crippen LogP) is 4.42. The van der Waals surface area contributed by atoms with Crippen LogP contribution in [-0.2, 0) is 14.9 Å². The van der Waals surface area contributed by atoms with Gasteiger partial charge in [-0.2, -0.15) is 8.42 Å². The Morgan fingerprint density at radius 1 is 1.23 bits per heavy atom. The lowest BCUT2D eigenvalue weighted by Gasteiger charge is -2.12. The Balaban J connectivity index is 1.96. The fourth-order valence-electron chi connectivity index (χ4n) is 2.72. The largest absolute Gasteiger partial charge is 0.484 e. The molecule has 0 fully saturated rings. The first-order valence-corrected chi connectivity index (χ1v) is 11.1. The van der Waals surface area contributed by atoms with Gasteiger partial charge in [-0.3, -0.25) is 9.35 Å². The van der Waals surface area contributed by atoms with E-state index in [4.69, 9.17) is 4.74 Å². The van der Waals surface area contributed by atoms with Crippen molar-refractivity contribution in [2.45, 2.75) is 32.6 Å². The number of allylic oxidation sites excluding steroid dienone is 7. The van der Waals surface area contributed by atoms with E-state index < -0.39 is 10.1 Å². The summed E-state index contributed by atoms with van der Waals surface area (Å²) in [5.41, 5.74) is 1.97. The van der Waals surface area contributed by atoms with E-state index in [-0.39, 0.29) is 23.0 Å². The highest BCUT2D eigenvalue weighted by Gasteiger charge is 2.15. The van der Waals surface area contributed by atoms with Crippen molar-refractivity contribution in [2.24, 2.45) is 0 Å². The van der Waals surface area contributed by atoms with Crippen molar-refractivity contribution >= 4 is 16.0 Å². The van der Waals surface area contributed by atoms with Crippen LogP contribution in [0, 0.1) is 0 Å². The standard InChI is InChI=1S/C23H27NO5S/c1-4-17(2)19-12-14-21(15-13-19)29-16-23(25)24-20-9-5-6-11-22(30(26,27)28)18(3)8-7-10-20/h5-8,10-15,17H,3-4,9,16H2,1-2H3,(H,24,25)(H,26,27,28)/b6-5-,8-7-,20-10+,22-11+. The smallest absolute Gasteiger partial charge is 0.295 e. The fourth-order valence-corrected chi connectivity index (χ4v) is 3.37. The molecule has 2 rings (SSSR count). The van der Waals surface area contributed by atoms with Crippen LogP contribution in [0.3, 0.4) is 0 Å². The Labute approximate surface area is 178 Å². The quantitative estimate of drug-likeness (QED) is 0.626. The van der Waals surface area contributed by atoms with Gasteiger partial charge < -0.3 is 10.1 Å². The lowest BCUT2D eigenvalue weighted by molar-refractivity contribution is -0.122. The molecule has 0 aliphatic heterocycles. The average Bonchev–Trinajstić information content (AvgIpc) is 2.70. The fraction of sp³-hybridized carbons (Fsp3) is 0.261. The van der Waals surface area contributed by atoms with Gasteiger partial charge in [0.2, 0.25) is 0 Å². The van der Waals surface area contributed by atoms with E-state index >= 15 is 0 Å². The molecule has 1 atom stereocenters. The molecule has 0 radical (unpaired) electrons. The number of hydrogen-bond acceptors (Lipinski definition) is 4. The number of hydrogen-bond donors (Lipinski definition) is 2. The van der Waals surface area contributed by atoms with Crippen LogP contribution in [0.15, 0.2) is 83.5 Å². The second-order valence-corrected chi connectivity index (χ2v) is 8.32. The molecule has 0 aromatic heterocycles. The summed E-state index contributed by atoms with van der Waals surface area (Å²) >= 11 is 0. The molecule has 1 aromatic carbocycles. The number of carbonyl (C=O) groups excluding carboxylic acids is 1. The van der Waals surface area contributed by atoms with Crippen LogP contribution in [0.2, 0.25) is 0 Å². The van der Waals surface area contributed by atoms with E-state index in [2.05, 4.69) is 25.7 Å². The molecule has 0 saturated heterocycles. The van der Waals surface area contributed by atoms with Gasteiger partial charge in [0.05, 0.1) is 0 Å². The molecule has 30 heavy (non-hydrogen) atoms. The third kappa shape index (κ3) is 7.17. The van der Waals surface area contributed by atoms with E-state index in [1.165, 1.54) is 23.8 Å². The van der Waals surface area contributed by atoms with Gasteiger partial charge in [0.25, 0.3) is 16.0 Å². The highest BCUT2D eigenvalue weighted by Crippen LogP contribution is 2.21. The third-order valence-electron chi connectivity index (χ3n) is 4.64. The summed E-state index contributed by atoms with van der Waals surface area (Å²) in [7, 11) is -4.37. The van der Waals surface area contributed by atoms with Gasteiger partial charge in [-0.15, -0.1) is 0 Å². The second kappa shape index (κ2) is 10.8. The molecule has 1 aliphatic carbocycles. The third-order valence-corrected chi connectivity index (χ3v) is 5.60. The van der Waals surface area contributed by atoms with E-state index in [0.29, 0.717) is 23.8 Å². The molecule has 160 valence electrons. The molecule has 7 heteroatoms. The summed E-state index contributed by atoms with van der Waals surface area (Å²) in [5, 5.41) is 2.78. The molecule has 0 spiro atoms. The van der Waals surface area contributed by atoms with Crippen molar-refractivity contribution in [2.75, 3.05) is 6.61 Å². The minimum absolute atomic E-state index is 0.132. The number of rotatable bonds is 7. The molecule has 1 unspecified atom stereocenters. The molecule has 2 N–H and O–H groups in total. The molecule has 0 saturated carbocycles. The summed E-state index contributed by atoms with van der Waals surface area (Å²) in [6.45, 7) is 7.81. The van der Waals surface area contributed by atoms with E-state index in [1.807, 2.05) is 24.3 Å². The second-order valence-electron chi connectivity index (χ2n) is 6.93. The van der Waals surface area contributed by atoms with Crippen LogP contribution in [0.25, 0.3) is 0 Å². The van der Waals surface area contributed by atoms with Gasteiger partial charge in [0, 0.05) is 12.1 Å². The van der Waals surface area contributed by atoms with E-state index in [1.54, 1.807) is 18.2 Å². The van der Waals surface area contributed by atoms with Crippen molar-refractivity contribution in [3.05, 3.63) is 89.0 Å². The van der Waals surface area contributed by atoms with Crippen molar-refractivity contribution in [3.63, 3.8) is 0 Å². The van der Waals surface area contributed by atoms with Gasteiger partial charge in [-0.25, -0.2) is 0 Å². The Bertz CT molecular complexity index is 999. The number of amides is 1. The average molecular weight is 430 g/mol. The topological polar surface area (TPSA) is 92.7 Å². The molecule has 0 bridgehead atoms. The maximum atomic E-state index is 12.2. The zero-order chi connectivity index (χ0) is 22.1. The lowest BCUT2D eigenvalue weighted by atomic mass is 9.99. The first-order valence-electron chi connectivity index (χ1n) is 9.64. The van der Waals surface area contributed by atoms with Crippen LogP contribution in [-0.4, -0.2) is 25.5 Å². The van der Waals surface area contributed by atoms with Crippen molar-refractivity contribution in [1.82, 2.24) is 5.32 Å². The predicted molar refractivity (Wildman–Crippen MR) is 119 cm³/mol. The van der Waals surface area contributed by atoms with Crippen LogP contribution in [0.5, 0.6) is 5.75 Å². The number of carbonyl (C=O) groups is 1. The van der Waals surface area contributed by atoms with Gasteiger partial charge in [-0.1, -0.05) is 56.9 Å². The van der Waals surface area contributed by atoms with Gasteiger partial charge in [0.15, 0.2) is 6.61 Å². The van der Waals surface area contributed by atoms with Gasteiger partial charge in [-0.05, 0) is 47.8 Å². The van der Waals surface area contributed by atoms with Crippen LogP contribution in [0.4, 0.5) is 0 Å². The normalized spacial score (nSPS) is 21.4. The SMILES string of the molecule is C=C1/C=C\C=C(\NC(=O)COc2ccc(C(C)CC)cc2)C/C=C\C=C/1S(=O)(=O)O. The summed E-state index contributed by atoms with van der Waals surface area (Å²) in [5.74, 6) is 0.790. The Morgan fingerprint density at radius 2 is 1.93 bits per heavy atom. The number of nitrogens with one attached hydrogen (secondary N) is 1. The van der Waals surface area contributed by atoms with E-state index in [0.717, 1.165) is 6.42 Å². The molecule has 1 amide bonds. The van der Waals surface area contributed by atoms with E-state index in [9.17, 15) is 17.8 Å². The monoisotopic (exact) mass is 429 g/mol. The minimum Gasteiger partial charge on any atom is -0.484 e.